The molecule has 6 nitrogen and oxygen atoms in total. The van der Waals surface area contributed by atoms with Gasteiger partial charge in [0, 0.05) is 43.6 Å². The number of hydrogen-bond donors (Lipinski definition) is 2. The summed E-state index contributed by atoms with van der Waals surface area (Å²) < 4.78 is 15.7. The third-order valence-electron chi connectivity index (χ3n) is 6.76. The summed E-state index contributed by atoms with van der Waals surface area (Å²) in [7, 11) is 0. The van der Waals surface area contributed by atoms with E-state index >= 15 is 4.39 Å². The topological polar surface area (TPSA) is 94.5 Å². The molecule has 3 N–H and O–H groups in total. The molecule has 0 radical (unpaired) electrons. The Hall–Kier alpha value is -3.40. The van der Waals surface area contributed by atoms with E-state index in [-0.39, 0.29) is 18.7 Å². The maximum absolute atomic E-state index is 15.7. The standard InChI is InChI=1S/C28H36FN5O/c1-4-7-22-17-21(6-3)25(18-24(22)26(33-31)32-14-5-2)27(35)34-15-12-28(29,13-16-34)23-10-8-20(19-30)9-11-23/h8-11,17-18H,4-7,12-16,31H2,1-3H3,(H,32,33). The van der Waals surface area contributed by atoms with Crippen LogP contribution in [0.15, 0.2) is 41.5 Å². The van der Waals surface area contributed by atoms with E-state index < -0.39 is 5.67 Å². The Morgan fingerprint density at radius 2 is 1.80 bits per heavy atom. The molecule has 0 aromatic heterocycles. The van der Waals surface area contributed by atoms with E-state index in [1.165, 1.54) is 0 Å². The molecule has 0 atom stereocenters. The number of benzene rings is 2. The summed E-state index contributed by atoms with van der Waals surface area (Å²) in [6.07, 6.45) is 3.93. The number of nitrogens with two attached hydrogens (primary N) is 1. The van der Waals surface area contributed by atoms with Crippen molar-refractivity contribution in [2.45, 2.75) is 65.0 Å². The number of alkyl halides is 1. The molecule has 2 aromatic rings. The second-order valence-electron chi connectivity index (χ2n) is 9.12. The third kappa shape index (κ3) is 5.82. The van der Waals surface area contributed by atoms with Crippen LogP contribution in [0.1, 0.15) is 84.6 Å². The lowest BCUT2D eigenvalue weighted by atomic mass is 9.85. The van der Waals surface area contributed by atoms with Gasteiger partial charge < -0.3 is 16.1 Å². The van der Waals surface area contributed by atoms with Crippen molar-refractivity contribution in [3.05, 3.63) is 69.8 Å². The summed E-state index contributed by atoms with van der Waals surface area (Å²) in [5.74, 6) is 6.23. The fourth-order valence-corrected chi connectivity index (χ4v) is 4.70. The minimum atomic E-state index is -1.50. The molecule has 186 valence electrons. The lowest BCUT2D eigenvalue weighted by Crippen LogP contribution is -2.43. The number of rotatable bonds is 8. The monoisotopic (exact) mass is 477 g/mol. The lowest BCUT2D eigenvalue weighted by Gasteiger charge is -2.37. The van der Waals surface area contributed by atoms with E-state index in [1.54, 1.807) is 29.2 Å². The Morgan fingerprint density at radius 3 is 2.34 bits per heavy atom. The predicted molar refractivity (Wildman–Crippen MR) is 138 cm³/mol. The molecule has 0 aliphatic carbocycles. The largest absolute Gasteiger partial charge is 0.368 e. The first kappa shape index (κ1) is 26.2. The highest BCUT2D eigenvalue weighted by atomic mass is 19.1. The van der Waals surface area contributed by atoms with Gasteiger partial charge in [-0.15, -0.1) is 0 Å². The van der Waals surface area contributed by atoms with Crippen molar-refractivity contribution in [2.24, 2.45) is 10.9 Å². The van der Waals surface area contributed by atoms with Gasteiger partial charge in [0.2, 0.25) is 0 Å². The minimum Gasteiger partial charge on any atom is -0.368 e. The molecule has 0 unspecified atom stereocenters. The highest BCUT2D eigenvalue weighted by molar-refractivity contribution is 6.04. The number of halogens is 1. The van der Waals surface area contributed by atoms with Crippen molar-refractivity contribution in [1.29, 1.82) is 5.26 Å². The van der Waals surface area contributed by atoms with Gasteiger partial charge >= 0.3 is 0 Å². The van der Waals surface area contributed by atoms with Crippen LogP contribution in [0.2, 0.25) is 0 Å². The van der Waals surface area contributed by atoms with Crippen molar-refractivity contribution < 1.29 is 9.18 Å². The number of carbonyl (C=O) groups is 1. The van der Waals surface area contributed by atoms with Gasteiger partial charge in [-0.1, -0.05) is 45.4 Å². The van der Waals surface area contributed by atoms with Crippen LogP contribution in [-0.4, -0.2) is 36.3 Å². The molecule has 1 amide bonds. The van der Waals surface area contributed by atoms with Crippen LogP contribution < -0.4 is 11.2 Å². The number of nitrogens with one attached hydrogen (secondary N) is 1. The Bertz CT molecular complexity index is 1100. The van der Waals surface area contributed by atoms with Gasteiger partial charge in [0.25, 0.3) is 5.91 Å². The lowest BCUT2D eigenvalue weighted by molar-refractivity contribution is 0.0420. The normalized spacial score (nSPS) is 15.5. The van der Waals surface area contributed by atoms with Crippen LogP contribution in [-0.2, 0) is 18.5 Å². The second kappa shape index (κ2) is 11.8. The van der Waals surface area contributed by atoms with Gasteiger partial charge in [-0.25, -0.2) is 4.39 Å². The molecule has 35 heavy (non-hydrogen) atoms. The number of amides is 1. The molecule has 1 heterocycles. The number of aryl methyl sites for hydroxylation is 2. The smallest absolute Gasteiger partial charge is 0.254 e. The van der Waals surface area contributed by atoms with Gasteiger partial charge in [-0.3, -0.25) is 4.79 Å². The van der Waals surface area contributed by atoms with Crippen molar-refractivity contribution in [1.82, 2.24) is 10.2 Å². The number of likely N-dealkylation sites (tertiary alicyclic amines) is 1. The van der Waals surface area contributed by atoms with Crippen LogP contribution >= 0.6 is 0 Å². The van der Waals surface area contributed by atoms with E-state index in [0.717, 1.165) is 48.9 Å². The van der Waals surface area contributed by atoms with Crippen molar-refractivity contribution in [2.75, 3.05) is 19.6 Å². The molecular formula is C28H36FN5O. The zero-order chi connectivity index (χ0) is 25.4. The van der Waals surface area contributed by atoms with E-state index in [1.807, 2.05) is 13.0 Å². The molecule has 1 fully saturated rings. The number of amidine groups is 1. The quantitative estimate of drug-likeness (QED) is 0.247. The predicted octanol–water partition coefficient (Wildman–Crippen LogP) is 4.79. The van der Waals surface area contributed by atoms with E-state index in [2.05, 4.69) is 36.4 Å². The fraction of sp³-hybridized carbons (Fsp3) is 0.464. The summed E-state index contributed by atoms with van der Waals surface area (Å²) in [6, 6.07) is 12.7. The molecule has 0 bridgehead atoms. The highest BCUT2D eigenvalue weighted by Gasteiger charge is 2.38. The Balaban J connectivity index is 1.86. The number of nitriles is 1. The molecule has 1 saturated heterocycles. The van der Waals surface area contributed by atoms with E-state index in [0.29, 0.717) is 35.6 Å². The number of nitrogens with zero attached hydrogens (tertiary/aromatic N) is 3. The first-order chi connectivity index (χ1) is 16.9. The Morgan fingerprint density at radius 1 is 1.11 bits per heavy atom. The molecule has 0 spiro atoms. The van der Waals surface area contributed by atoms with E-state index in [4.69, 9.17) is 11.1 Å². The van der Waals surface area contributed by atoms with Crippen molar-refractivity contribution >= 4 is 11.7 Å². The van der Waals surface area contributed by atoms with Crippen LogP contribution in [0.4, 0.5) is 4.39 Å². The summed E-state index contributed by atoms with van der Waals surface area (Å²) in [5, 5.41) is 16.3. The van der Waals surface area contributed by atoms with Gasteiger partial charge in [0.05, 0.1) is 11.6 Å². The average Bonchev–Trinajstić information content (AvgIpc) is 2.89. The first-order valence-electron chi connectivity index (χ1n) is 12.6. The maximum Gasteiger partial charge on any atom is 0.254 e. The molecule has 1 aliphatic heterocycles. The average molecular weight is 478 g/mol. The van der Waals surface area contributed by atoms with E-state index in [9.17, 15) is 4.79 Å². The summed E-state index contributed by atoms with van der Waals surface area (Å²) >= 11 is 0. The van der Waals surface area contributed by atoms with Crippen LogP contribution in [0, 0.1) is 11.3 Å². The molecule has 3 rings (SSSR count). The minimum absolute atomic E-state index is 0.0834. The van der Waals surface area contributed by atoms with Crippen molar-refractivity contribution in [3.63, 3.8) is 0 Å². The molecule has 2 aromatic carbocycles. The summed E-state index contributed by atoms with van der Waals surface area (Å²) in [4.78, 5) is 15.4. The Labute approximate surface area is 208 Å². The summed E-state index contributed by atoms with van der Waals surface area (Å²) in [6.45, 7) is 7.64. The van der Waals surface area contributed by atoms with Crippen LogP contribution in [0.3, 0.4) is 0 Å². The molecule has 7 heteroatoms. The zero-order valence-electron chi connectivity index (χ0n) is 21.0. The SMILES string of the molecule is CCCN/C(=N\N)c1cc(C(=O)N2CCC(F)(c3ccc(C#N)cc3)CC2)c(CC)cc1CCC. The number of hydrazone groups is 1. The first-order valence-corrected chi connectivity index (χ1v) is 12.6. The maximum atomic E-state index is 15.7. The van der Waals surface area contributed by atoms with Gasteiger partial charge in [0.15, 0.2) is 5.84 Å². The molecule has 1 aliphatic rings. The third-order valence-corrected chi connectivity index (χ3v) is 6.76. The van der Waals surface area contributed by atoms with Crippen LogP contribution in [0.5, 0.6) is 0 Å². The molecular weight excluding hydrogens is 441 g/mol. The Kier molecular flexibility index (Phi) is 8.86. The highest BCUT2D eigenvalue weighted by Crippen LogP contribution is 2.37. The van der Waals surface area contributed by atoms with Crippen molar-refractivity contribution in [3.8, 4) is 6.07 Å². The fourth-order valence-electron chi connectivity index (χ4n) is 4.70. The number of piperidine rings is 1. The van der Waals surface area contributed by atoms with Gasteiger partial charge in [-0.2, -0.15) is 10.4 Å². The van der Waals surface area contributed by atoms with Gasteiger partial charge in [0.1, 0.15) is 5.67 Å². The van der Waals surface area contributed by atoms with Crippen LogP contribution in [0.25, 0.3) is 0 Å². The summed E-state index contributed by atoms with van der Waals surface area (Å²) in [5.41, 5.74) is 3.17. The van der Waals surface area contributed by atoms with Gasteiger partial charge in [-0.05, 0) is 54.2 Å². The number of hydrogen-bond acceptors (Lipinski definition) is 4. The second-order valence-corrected chi connectivity index (χ2v) is 9.12. The molecule has 0 saturated carbocycles. The zero-order valence-corrected chi connectivity index (χ0v) is 21.0. The number of carbonyl (C=O) groups excluding carboxylic acids is 1.